The summed E-state index contributed by atoms with van der Waals surface area (Å²) in [4.78, 5) is 2.18. The second-order valence-electron chi connectivity index (χ2n) is 4.82. The second-order valence-corrected chi connectivity index (χ2v) is 5.23. The lowest BCUT2D eigenvalue weighted by Crippen LogP contribution is -2.32. The molecule has 0 aliphatic carbocycles. The van der Waals surface area contributed by atoms with Crippen LogP contribution < -0.4 is 10.6 Å². The lowest BCUT2D eigenvalue weighted by atomic mass is 10.1. The van der Waals surface area contributed by atoms with Crippen molar-refractivity contribution in [1.82, 2.24) is 0 Å². The van der Waals surface area contributed by atoms with E-state index in [0.29, 0.717) is 11.7 Å². The Kier molecular flexibility index (Phi) is 5.73. The summed E-state index contributed by atoms with van der Waals surface area (Å²) < 4.78 is 13.3. The van der Waals surface area contributed by atoms with Crippen molar-refractivity contribution in [2.75, 3.05) is 17.2 Å². The largest absolute Gasteiger partial charge is 0.397 e. The summed E-state index contributed by atoms with van der Waals surface area (Å²) >= 11 is 5.84. The number of unbranched alkanes of at least 4 members (excludes halogenated alkanes) is 2. The molecular weight excluding hydrogens is 251 g/mol. The van der Waals surface area contributed by atoms with Crippen molar-refractivity contribution >= 4 is 23.0 Å². The van der Waals surface area contributed by atoms with Gasteiger partial charge < -0.3 is 10.6 Å². The monoisotopic (exact) mass is 272 g/mol. The summed E-state index contributed by atoms with van der Waals surface area (Å²) in [5, 5.41) is 0.125. The van der Waals surface area contributed by atoms with E-state index < -0.39 is 5.82 Å². The molecule has 1 aromatic carbocycles. The maximum Gasteiger partial charge on any atom is 0.143 e. The van der Waals surface area contributed by atoms with E-state index >= 15 is 0 Å². The molecule has 1 aromatic rings. The molecule has 0 fully saturated rings. The highest BCUT2D eigenvalue weighted by atomic mass is 35.5. The van der Waals surface area contributed by atoms with Crippen molar-refractivity contribution in [3.63, 3.8) is 0 Å². The molecular formula is C14H22ClFN2. The van der Waals surface area contributed by atoms with Crippen molar-refractivity contribution in [2.45, 2.75) is 46.1 Å². The number of nitrogens with zero attached hydrogens (tertiary/aromatic N) is 1. The number of hydrogen-bond acceptors (Lipinski definition) is 2. The van der Waals surface area contributed by atoms with Gasteiger partial charge in [0.2, 0.25) is 0 Å². The van der Waals surface area contributed by atoms with Crippen molar-refractivity contribution in [2.24, 2.45) is 0 Å². The Morgan fingerprint density at radius 3 is 2.56 bits per heavy atom. The van der Waals surface area contributed by atoms with E-state index in [1.165, 1.54) is 18.9 Å². The average Bonchev–Trinajstić information content (AvgIpc) is 2.30. The quantitative estimate of drug-likeness (QED) is 0.612. The van der Waals surface area contributed by atoms with Gasteiger partial charge in [0, 0.05) is 18.7 Å². The minimum atomic E-state index is -0.463. The second kappa shape index (κ2) is 6.83. The van der Waals surface area contributed by atoms with E-state index in [9.17, 15) is 4.39 Å². The molecule has 0 radical (unpaired) electrons. The van der Waals surface area contributed by atoms with E-state index in [1.54, 1.807) is 6.07 Å². The Bertz CT molecular complexity index is 394. The Morgan fingerprint density at radius 2 is 2.00 bits per heavy atom. The third-order valence-corrected chi connectivity index (χ3v) is 3.29. The molecule has 0 aromatic heterocycles. The lowest BCUT2D eigenvalue weighted by Gasteiger charge is -2.30. The van der Waals surface area contributed by atoms with Gasteiger partial charge in [-0.2, -0.15) is 0 Å². The standard InChI is InChI=1S/C14H22ClFN2/c1-4-5-6-7-18(10(2)3)14-8-11(15)12(16)9-13(14)17/h8-10H,4-7,17H2,1-3H3. The number of rotatable bonds is 6. The predicted molar refractivity (Wildman–Crippen MR) is 77.8 cm³/mol. The zero-order valence-electron chi connectivity index (χ0n) is 11.3. The van der Waals surface area contributed by atoms with Gasteiger partial charge in [0.25, 0.3) is 0 Å². The van der Waals surface area contributed by atoms with Gasteiger partial charge in [-0.1, -0.05) is 31.4 Å². The molecule has 0 aliphatic rings. The highest BCUT2D eigenvalue weighted by Gasteiger charge is 2.15. The third kappa shape index (κ3) is 3.77. The first kappa shape index (κ1) is 15.1. The van der Waals surface area contributed by atoms with Gasteiger partial charge in [-0.25, -0.2) is 4.39 Å². The van der Waals surface area contributed by atoms with Crippen LogP contribution in [-0.2, 0) is 0 Å². The molecule has 2 N–H and O–H groups in total. The van der Waals surface area contributed by atoms with E-state index in [4.69, 9.17) is 17.3 Å². The smallest absolute Gasteiger partial charge is 0.143 e. The first-order valence-corrected chi connectivity index (χ1v) is 6.86. The van der Waals surface area contributed by atoms with Gasteiger partial charge in [0.1, 0.15) is 5.82 Å². The van der Waals surface area contributed by atoms with Crippen LogP contribution in [-0.4, -0.2) is 12.6 Å². The van der Waals surface area contributed by atoms with E-state index in [0.717, 1.165) is 18.7 Å². The highest BCUT2D eigenvalue weighted by molar-refractivity contribution is 6.31. The van der Waals surface area contributed by atoms with Gasteiger partial charge in [0.15, 0.2) is 0 Å². The average molecular weight is 273 g/mol. The molecule has 2 nitrogen and oxygen atoms in total. The normalized spacial score (nSPS) is 11.0. The van der Waals surface area contributed by atoms with E-state index in [2.05, 4.69) is 25.7 Å². The summed E-state index contributed by atoms with van der Waals surface area (Å²) in [7, 11) is 0. The van der Waals surface area contributed by atoms with Crippen LogP contribution in [0, 0.1) is 5.82 Å². The SMILES string of the molecule is CCCCCN(c1cc(Cl)c(F)cc1N)C(C)C. The molecule has 0 amide bonds. The number of benzene rings is 1. The maximum absolute atomic E-state index is 13.3. The number of halogens is 2. The molecule has 0 spiro atoms. The summed E-state index contributed by atoms with van der Waals surface area (Å²) in [6, 6.07) is 3.23. The molecule has 102 valence electrons. The zero-order valence-corrected chi connectivity index (χ0v) is 12.1. The molecule has 0 unspecified atom stereocenters. The Labute approximate surface area is 114 Å². The number of anilines is 2. The van der Waals surface area contributed by atoms with Crippen LogP contribution in [0.4, 0.5) is 15.8 Å². The minimum Gasteiger partial charge on any atom is -0.397 e. The van der Waals surface area contributed by atoms with Crippen LogP contribution in [0.25, 0.3) is 0 Å². The van der Waals surface area contributed by atoms with Crippen LogP contribution in [0.3, 0.4) is 0 Å². The predicted octanol–water partition coefficient (Wildman–Crippen LogP) is 4.47. The maximum atomic E-state index is 13.3. The summed E-state index contributed by atoms with van der Waals surface area (Å²) in [6.45, 7) is 7.28. The molecule has 1 rings (SSSR count). The summed E-state index contributed by atoms with van der Waals surface area (Å²) in [5.41, 5.74) is 7.17. The van der Waals surface area contributed by atoms with Gasteiger partial charge in [-0.3, -0.25) is 0 Å². The van der Waals surface area contributed by atoms with Crippen LogP contribution >= 0.6 is 11.6 Å². The van der Waals surface area contributed by atoms with Crippen LogP contribution in [0.1, 0.15) is 40.0 Å². The van der Waals surface area contributed by atoms with Crippen molar-refractivity contribution in [3.8, 4) is 0 Å². The summed E-state index contributed by atoms with van der Waals surface area (Å²) in [5.74, 6) is -0.463. The van der Waals surface area contributed by atoms with E-state index in [1.807, 2.05) is 0 Å². The van der Waals surface area contributed by atoms with Gasteiger partial charge >= 0.3 is 0 Å². The van der Waals surface area contributed by atoms with Gasteiger partial charge in [0.05, 0.1) is 16.4 Å². The Hall–Kier alpha value is -0.960. The number of hydrogen-bond donors (Lipinski definition) is 1. The number of nitrogens with two attached hydrogens (primary N) is 1. The van der Waals surface area contributed by atoms with Crippen molar-refractivity contribution < 1.29 is 4.39 Å². The van der Waals surface area contributed by atoms with Crippen LogP contribution in [0.5, 0.6) is 0 Å². The fourth-order valence-corrected chi connectivity index (χ4v) is 2.15. The molecule has 0 atom stereocenters. The van der Waals surface area contributed by atoms with E-state index in [-0.39, 0.29) is 5.02 Å². The molecule has 4 heteroatoms. The Morgan fingerprint density at radius 1 is 1.33 bits per heavy atom. The molecule has 0 heterocycles. The Balaban J connectivity index is 2.95. The fraction of sp³-hybridized carbons (Fsp3) is 0.571. The fourth-order valence-electron chi connectivity index (χ4n) is 1.99. The number of nitrogen functional groups attached to an aromatic ring is 1. The summed E-state index contributed by atoms with van der Waals surface area (Å²) in [6.07, 6.45) is 3.45. The topological polar surface area (TPSA) is 29.3 Å². The third-order valence-electron chi connectivity index (χ3n) is 3.00. The molecule has 0 saturated heterocycles. The van der Waals surface area contributed by atoms with Crippen LogP contribution in [0.2, 0.25) is 5.02 Å². The van der Waals surface area contributed by atoms with Gasteiger partial charge in [-0.05, 0) is 26.3 Å². The molecule has 0 aliphatic heterocycles. The minimum absolute atomic E-state index is 0.125. The van der Waals surface area contributed by atoms with Crippen molar-refractivity contribution in [3.05, 3.63) is 23.0 Å². The molecule has 0 bridgehead atoms. The first-order valence-electron chi connectivity index (χ1n) is 6.48. The van der Waals surface area contributed by atoms with Gasteiger partial charge in [-0.15, -0.1) is 0 Å². The molecule has 0 saturated carbocycles. The first-order chi connectivity index (χ1) is 8.47. The highest BCUT2D eigenvalue weighted by Crippen LogP contribution is 2.31. The van der Waals surface area contributed by atoms with Crippen LogP contribution in [0.15, 0.2) is 12.1 Å². The molecule has 18 heavy (non-hydrogen) atoms. The lowest BCUT2D eigenvalue weighted by molar-refractivity contribution is 0.618. The zero-order chi connectivity index (χ0) is 13.7. The van der Waals surface area contributed by atoms with Crippen molar-refractivity contribution in [1.29, 1.82) is 0 Å².